The van der Waals surface area contributed by atoms with Gasteiger partial charge in [0.15, 0.2) is 0 Å². The number of rotatable bonds is 1. The highest BCUT2D eigenvalue weighted by Crippen LogP contribution is 2.21. The van der Waals surface area contributed by atoms with Crippen molar-refractivity contribution in [1.82, 2.24) is 5.32 Å². The molecule has 0 saturated carbocycles. The molecule has 0 aromatic heterocycles. The molecule has 3 nitrogen and oxygen atoms in total. The number of nitrogens with one attached hydrogen (secondary N) is 1. The van der Waals surface area contributed by atoms with Gasteiger partial charge in [0.25, 0.3) is 0 Å². The zero-order valence-corrected chi connectivity index (χ0v) is 7.18. The van der Waals surface area contributed by atoms with E-state index in [4.69, 9.17) is 5.73 Å². The van der Waals surface area contributed by atoms with Crippen LogP contribution in [0.1, 0.15) is 26.7 Å². The fourth-order valence-electron chi connectivity index (χ4n) is 1.37. The van der Waals surface area contributed by atoms with Crippen molar-refractivity contribution in [2.45, 2.75) is 32.2 Å². The molecule has 1 saturated heterocycles. The number of carbonyl (C=O) groups is 1. The van der Waals surface area contributed by atoms with Gasteiger partial charge in [0.2, 0.25) is 5.91 Å². The number of hydrogen-bond donors (Lipinski definition) is 2. The van der Waals surface area contributed by atoms with Gasteiger partial charge in [-0.15, -0.1) is 0 Å². The first-order valence-electron chi connectivity index (χ1n) is 4.06. The summed E-state index contributed by atoms with van der Waals surface area (Å²) in [6.45, 7) is 4.76. The van der Waals surface area contributed by atoms with Crippen LogP contribution >= 0.6 is 0 Å². The summed E-state index contributed by atoms with van der Waals surface area (Å²) >= 11 is 0. The van der Waals surface area contributed by atoms with Crippen molar-refractivity contribution in [2.24, 2.45) is 11.7 Å². The molecular formula is C8H16N2O. The summed E-state index contributed by atoms with van der Waals surface area (Å²) in [5, 5.41) is 2.82. The van der Waals surface area contributed by atoms with Gasteiger partial charge in [-0.25, -0.2) is 0 Å². The van der Waals surface area contributed by atoms with Gasteiger partial charge in [-0.05, 0) is 26.2 Å². The Morgan fingerprint density at radius 1 is 1.64 bits per heavy atom. The first-order valence-corrected chi connectivity index (χ1v) is 4.06. The molecule has 3 N–H and O–H groups in total. The Morgan fingerprint density at radius 3 is 2.64 bits per heavy atom. The summed E-state index contributed by atoms with van der Waals surface area (Å²) in [6, 6.07) is 0. The van der Waals surface area contributed by atoms with E-state index in [9.17, 15) is 4.79 Å². The Kier molecular flexibility index (Phi) is 2.18. The lowest BCUT2D eigenvalue weighted by atomic mass is 9.83. The summed E-state index contributed by atoms with van der Waals surface area (Å²) in [5.41, 5.74) is 5.75. The van der Waals surface area contributed by atoms with Crippen LogP contribution in [0.2, 0.25) is 0 Å². The Bertz CT molecular complexity index is 150. The minimum atomic E-state index is -0.159. The van der Waals surface area contributed by atoms with Crippen LogP contribution in [0.25, 0.3) is 0 Å². The zero-order chi connectivity index (χ0) is 8.48. The molecule has 0 aliphatic carbocycles. The minimum Gasteiger partial charge on any atom is -0.356 e. The molecule has 0 spiro atoms. The summed E-state index contributed by atoms with van der Waals surface area (Å²) in [7, 11) is 0. The van der Waals surface area contributed by atoms with Crippen molar-refractivity contribution in [3.63, 3.8) is 0 Å². The molecule has 1 aliphatic rings. The molecule has 1 rings (SSSR count). The van der Waals surface area contributed by atoms with Gasteiger partial charge in [-0.2, -0.15) is 0 Å². The topological polar surface area (TPSA) is 55.1 Å². The van der Waals surface area contributed by atoms with Crippen molar-refractivity contribution >= 4 is 5.91 Å². The minimum absolute atomic E-state index is 0.158. The largest absolute Gasteiger partial charge is 0.356 e. The Morgan fingerprint density at radius 2 is 2.27 bits per heavy atom. The molecule has 1 atom stereocenters. The summed E-state index contributed by atoms with van der Waals surface area (Å²) in [4.78, 5) is 10.8. The third-order valence-corrected chi connectivity index (χ3v) is 2.32. The lowest BCUT2D eigenvalue weighted by molar-refractivity contribution is -0.123. The lowest BCUT2D eigenvalue weighted by Crippen LogP contribution is -2.49. The summed E-state index contributed by atoms with van der Waals surface area (Å²) in [6.07, 6.45) is 1.56. The molecule has 0 radical (unpaired) electrons. The van der Waals surface area contributed by atoms with E-state index in [0.717, 1.165) is 13.0 Å². The normalized spacial score (nSPS) is 26.5. The molecule has 64 valence electrons. The first-order chi connectivity index (χ1) is 5.00. The molecule has 11 heavy (non-hydrogen) atoms. The van der Waals surface area contributed by atoms with Crippen molar-refractivity contribution in [2.75, 3.05) is 6.54 Å². The van der Waals surface area contributed by atoms with Gasteiger partial charge < -0.3 is 11.1 Å². The van der Waals surface area contributed by atoms with E-state index in [-0.39, 0.29) is 11.4 Å². The zero-order valence-electron chi connectivity index (χ0n) is 7.18. The second-order valence-corrected chi connectivity index (χ2v) is 3.86. The highest BCUT2D eigenvalue weighted by molar-refractivity contribution is 5.76. The summed E-state index contributed by atoms with van der Waals surface area (Å²) in [5.74, 6) is 0.589. The second kappa shape index (κ2) is 2.81. The maximum atomic E-state index is 10.8. The predicted octanol–water partition coefficient (Wildman–Crippen LogP) is 0.250. The van der Waals surface area contributed by atoms with Crippen molar-refractivity contribution < 1.29 is 4.79 Å². The standard InChI is InChI=1S/C8H16N2O/c1-8(2,9)6-3-4-7(11)10-5-6/h6H,3-5,9H2,1-2H3,(H,10,11). The van der Waals surface area contributed by atoms with E-state index < -0.39 is 0 Å². The van der Waals surface area contributed by atoms with Crippen LogP contribution < -0.4 is 11.1 Å². The van der Waals surface area contributed by atoms with Gasteiger partial charge in [-0.1, -0.05) is 0 Å². The van der Waals surface area contributed by atoms with Crippen LogP contribution in [0.4, 0.5) is 0 Å². The first kappa shape index (κ1) is 8.53. The number of carbonyl (C=O) groups excluding carboxylic acids is 1. The molecule has 1 aliphatic heterocycles. The van der Waals surface area contributed by atoms with E-state index >= 15 is 0 Å². The maximum absolute atomic E-state index is 10.8. The van der Waals surface area contributed by atoms with Crippen molar-refractivity contribution in [1.29, 1.82) is 0 Å². The molecule has 1 unspecified atom stereocenters. The third-order valence-electron chi connectivity index (χ3n) is 2.32. The SMILES string of the molecule is CC(C)(N)C1CCC(=O)NC1. The van der Waals surface area contributed by atoms with Crippen LogP contribution in [-0.2, 0) is 4.79 Å². The molecule has 0 aromatic rings. The van der Waals surface area contributed by atoms with Crippen LogP contribution in [0.3, 0.4) is 0 Å². The summed E-state index contributed by atoms with van der Waals surface area (Å²) < 4.78 is 0. The lowest BCUT2D eigenvalue weighted by Gasteiger charge is -2.33. The van der Waals surface area contributed by atoms with Gasteiger partial charge in [0.05, 0.1) is 0 Å². The van der Waals surface area contributed by atoms with E-state index in [2.05, 4.69) is 5.32 Å². The average molecular weight is 156 g/mol. The predicted molar refractivity (Wildman–Crippen MR) is 44.0 cm³/mol. The highest BCUT2D eigenvalue weighted by Gasteiger charge is 2.28. The number of hydrogen-bond acceptors (Lipinski definition) is 2. The Balaban J connectivity index is 2.45. The second-order valence-electron chi connectivity index (χ2n) is 3.86. The molecular weight excluding hydrogens is 140 g/mol. The number of amides is 1. The van der Waals surface area contributed by atoms with E-state index in [1.54, 1.807) is 0 Å². The number of nitrogens with two attached hydrogens (primary N) is 1. The van der Waals surface area contributed by atoms with Crippen LogP contribution in [0.15, 0.2) is 0 Å². The molecule has 1 fully saturated rings. The Labute approximate surface area is 67.3 Å². The van der Waals surface area contributed by atoms with Gasteiger partial charge in [-0.3, -0.25) is 4.79 Å². The molecule has 0 bridgehead atoms. The Hall–Kier alpha value is -0.570. The highest BCUT2D eigenvalue weighted by atomic mass is 16.1. The van der Waals surface area contributed by atoms with E-state index in [1.165, 1.54) is 0 Å². The fourth-order valence-corrected chi connectivity index (χ4v) is 1.37. The quantitative estimate of drug-likeness (QED) is 0.571. The third kappa shape index (κ3) is 2.19. The number of piperidine rings is 1. The van der Waals surface area contributed by atoms with E-state index in [0.29, 0.717) is 12.3 Å². The smallest absolute Gasteiger partial charge is 0.220 e. The van der Waals surface area contributed by atoms with Crippen LogP contribution in [-0.4, -0.2) is 18.0 Å². The van der Waals surface area contributed by atoms with Gasteiger partial charge >= 0.3 is 0 Å². The average Bonchev–Trinajstić information content (AvgIpc) is 1.86. The maximum Gasteiger partial charge on any atom is 0.220 e. The van der Waals surface area contributed by atoms with Gasteiger partial charge in [0, 0.05) is 18.5 Å². The van der Waals surface area contributed by atoms with E-state index in [1.807, 2.05) is 13.8 Å². The molecule has 1 heterocycles. The van der Waals surface area contributed by atoms with Crippen LogP contribution in [0, 0.1) is 5.92 Å². The van der Waals surface area contributed by atoms with Crippen molar-refractivity contribution in [3.05, 3.63) is 0 Å². The monoisotopic (exact) mass is 156 g/mol. The van der Waals surface area contributed by atoms with Crippen LogP contribution in [0.5, 0.6) is 0 Å². The molecule has 0 aromatic carbocycles. The molecule has 3 heteroatoms. The van der Waals surface area contributed by atoms with Crippen molar-refractivity contribution in [3.8, 4) is 0 Å². The molecule has 1 amide bonds. The fraction of sp³-hybridized carbons (Fsp3) is 0.875. The van der Waals surface area contributed by atoms with Gasteiger partial charge in [0.1, 0.15) is 0 Å².